The van der Waals surface area contributed by atoms with E-state index in [4.69, 9.17) is 0 Å². The van der Waals surface area contributed by atoms with Gasteiger partial charge in [-0.3, -0.25) is 0 Å². The number of imidazole rings is 1. The highest BCUT2D eigenvalue weighted by Gasteiger charge is 2.08. The van der Waals surface area contributed by atoms with Crippen molar-refractivity contribution >= 4 is 21.8 Å². The minimum atomic E-state index is 0.712. The zero-order valence-electron chi connectivity index (χ0n) is 11.9. The third-order valence-electron chi connectivity index (χ3n) is 3.93. The predicted molar refractivity (Wildman–Crippen MR) is 87.6 cm³/mol. The number of rotatable bonds is 2. The third kappa shape index (κ3) is 2.02. The fraction of sp³-hybridized carbons (Fsp3) is 0.0526. The van der Waals surface area contributed by atoms with Gasteiger partial charge >= 0.3 is 0 Å². The quantitative estimate of drug-likeness (QED) is 0.600. The van der Waals surface area contributed by atoms with E-state index in [-0.39, 0.29) is 0 Å². The number of hydrogen-bond donors (Lipinski definition) is 1. The monoisotopic (exact) mass is 283 g/mol. The molecule has 4 rings (SSSR count). The molecular weight excluding hydrogens is 270 g/mol. The molecule has 0 amide bonds. The van der Waals surface area contributed by atoms with Crippen LogP contribution in [0.1, 0.15) is 17.0 Å². The van der Waals surface area contributed by atoms with Gasteiger partial charge in [0.1, 0.15) is 5.82 Å². The Hall–Kier alpha value is -3.12. The second-order valence-electron chi connectivity index (χ2n) is 5.31. The van der Waals surface area contributed by atoms with Crippen LogP contribution >= 0.6 is 0 Å². The van der Waals surface area contributed by atoms with Crippen LogP contribution in [0, 0.1) is 11.3 Å². The Balaban J connectivity index is 1.83. The number of aromatic nitrogens is 2. The van der Waals surface area contributed by atoms with E-state index in [1.54, 1.807) is 0 Å². The molecule has 0 aliphatic rings. The first-order valence-electron chi connectivity index (χ1n) is 7.19. The van der Waals surface area contributed by atoms with Crippen molar-refractivity contribution in [2.45, 2.75) is 6.42 Å². The maximum atomic E-state index is 9.24. The van der Waals surface area contributed by atoms with Crippen LogP contribution in [0.4, 0.5) is 0 Å². The summed E-state index contributed by atoms with van der Waals surface area (Å²) in [7, 11) is 0. The van der Waals surface area contributed by atoms with Gasteiger partial charge in [0.05, 0.1) is 22.7 Å². The summed E-state index contributed by atoms with van der Waals surface area (Å²) in [6, 6.07) is 22.2. The van der Waals surface area contributed by atoms with Crippen LogP contribution in [0.25, 0.3) is 21.8 Å². The molecule has 4 aromatic rings. The molecule has 0 spiro atoms. The summed E-state index contributed by atoms with van der Waals surface area (Å²) in [5.74, 6) is 0.941. The van der Waals surface area contributed by atoms with Gasteiger partial charge < -0.3 is 4.98 Å². The van der Waals surface area contributed by atoms with Gasteiger partial charge in [-0.25, -0.2) is 4.98 Å². The molecule has 0 aliphatic heterocycles. The lowest BCUT2D eigenvalue weighted by molar-refractivity contribution is 1.05. The molecule has 0 saturated carbocycles. The molecule has 0 bridgehead atoms. The molecule has 3 nitrogen and oxygen atoms in total. The van der Waals surface area contributed by atoms with Gasteiger partial charge in [0.25, 0.3) is 0 Å². The Kier molecular flexibility index (Phi) is 2.87. The summed E-state index contributed by atoms with van der Waals surface area (Å²) in [5, 5.41) is 11.4. The van der Waals surface area contributed by atoms with Crippen molar-refractivity contribution in [1.29, 1.82) is 5.26 Å². The predicted octanol–water partition coefficient (Wildman–Crippen LogP) is 4.18. The van der Waals surface area contributed by atoms with Gasteiger partial charge in [0, 0.05) is 6.42 Å². The summed E-state index contributed by atoms with van der Waals surface area (Å²) < 4.78 is 0. The summed E-state index contributed by atoms with van der Waals surface area (Å²) >= 11 is 0. The van der Waals surface area contributed by atoms with Crippen molar-refractivity contribution in [1.82, 2.24) is 9.97 Å². The minimum Gasteiger partial charge on any atom is -0.342 e. The van der Waals surface area contributed by atoms with E-state index in [9.17, 15) is 5.26 Å². The third-order valence-corrected chi connectivity index (χ3v) is 3.93. The molecule has 3 heteroatoms. The van der Waals surface area contributed by atoms with Crippen LogP contribution in [0.3, 0.4) is 0 Å². The number of hydrogen-bond acceptors (Lipinski definition) is 2. The molecule has 0 fully saturated rings. The number of H-pyrrole nitrogens is 1. The van der Waals surface area contributed by atoms with Gasteiger partial charge in [-0.2, -0.15) is 5.26 Å². The van der Waals surface area contributed by atoms with Crippen LogP contribution in [0.2, 0.25) is 0 Å². The molecule has 0 saturated heterocycles. The summed E-state index contributed by atoms with van der Waals surface area (Å²) in [5.41, 5.74) is 3.92. The Labute approximate surface area is 127 Å². The van der Waals surface area contributed by atoms with E-state index < -0.39 is 0 Å². The number of nitriles is 1. The SMILES string of the molecule is N#Cc1ccc(Cc2nc3ccccc3[nH]2)c2ccccc12. The second kappa shape index (κ2) is 5.01. The first-order chi connectivity index (χ1) is 10.8. The van der Waals surface area contributed by atoms with E-state index in [0.29, 0.717) is 5.56 Å². The topological polar surface area (TPSA) is 52.5 Å². The highest BCUT2D eigenvalue weighted by atomic mass is 14.9. The lowest BCUT2D eigenvalue weighted by Gasteiger charge is -2.06. The number of nitrogens with one attached hydrogen (secondary N) is 1. The highest BCUT2D eigenvalue weighted by molar-refractivity contribution is 5.90. The van der Waals surface area contributed by atoms with Gasteiger partial charge in [-0.05, 0) is 34.5 Å². The van der Waals surface area contributed by atoms with Crippen molar-refractivity contribution in [2.75, 3.05) is 0 Å². The van der Waals surface area contributed by atoms with Gasteiger partial charge in [0.15, 0.2) is 0 Å². The largest absolute Gasteiger partial charge is 0.342 e. The zero-order chi connectivity index (χ0) is 14.9. The van der Waals surface area contributed by atoms with Crippen LogP contribution in [-0.4, -0.2) is 9.97 Å². The number of aromatic amines is 1. The molecule has 0 radical (unpaired) electrons. The Morgan fingerprint density at radius 2 is 1.68 bits per heavy atom. The van der Waals surface area contributed by atoms with Crippen molar-refractivity contribution in [3.63, 3.8) is 0 Å². The number of fused-ring (bicyclic) bond motifs is 2. The molecule has 104 valence electrons. The minimum absolute atomic E-state index is 0.712. The smallest absolute Gasteiger partial charge is 0.111 e. The fourth-order valence-corrected chi connectivity index (χ4v) is 2.88. The maximum Gasteiger partial charge on any atom is 0.111 e. The molecule has 22 heavy (non-hydrogen) atoms. The highest BCUT2D eigenvalue weighted by Crippen LogP contribution is 2.24. The Bertz CT molecular complexity index is 989. The summed E-state index contributed by atoms with van der Waals surface area (Å²) in [6.45, 7) is 0. The summed E-state index contributed by atoms with van der Waals surface area (Å²) in [4.78, 5) is 8.00. The van der Waals surface area contributed by atoms with E-state index in [1.165, 1.54) is 5.56 Å². The molecule has 0 unspecified atom stereocenters. The standard InChI is InChI=1S/C19H13N3/c20-12-14-10-9-13(15-5-1-2-6-16(14)15)11-19-21-17-7-3-4-8-18(17)22-19/h1-10H,11H2,(H,21,22). The lowest BCUT2D eigenvalue weighted by Crippen LogP contribution is -1.93. The summed E-state index contributed by atoms with van der Waals surface area (Å²) in [6.07, 6.45) is 0.723. The first kappa shape index (κ1) is 12.6. The van der Waals surface area contributed by atoms with E-state index in [0.717, 1.165) is 34.1 Å². The van der Waals surface area contributed by atoms with E-state index in [1.807, 2.05) is 54.6 Å². The van der Waals surface area contributed by atoms with Gasteiger partial charge in [-0.15, -0.1) is 0 Å². The average Bonchev–Trinajstić information content (AvgIpc) is 2.97. The molecular formula is C19H13N3. The van der Waals surface area contributed by atoms with Crippen molar-refractivity contribution < 1.29 is 0 Å². The normalized spacial score (nSPS) is 10.9. The maximum absolute atomic E-state index is 9.24. The lowest BCUT2D eigenvalue weighted by atomic mass is 9.98. The van der Waals surface area contributed by atoms with E-state index in [2.05, 4.69) is 22.1 Å². The second-order valence-corrected chi connectivity index (χ2v) is 5.31. The van der Waals surface area contributed by atoms with Crippen molar-refractivity contribution in [3.8, 4) is 6.07 Å². The fourth-order valence-electron chi connectivity index (χ4n) is 2.88. The molecule has 1 heterocycles. The molecule has 3 aromatic carbocycles. The Morgan fingerprint density at radius 1 is 0.909 bits per heavy atom. The van der Waals surface area contributed by atoms with Gasteiger partial charge in [0.2, 0.25) is 0 Å². The van der Waals surface area contributed by atoms with Gasteiger partial charge in [-0.1, -0.05) is 42.5 Å². The molecule has 1 aromatic heterocycles. The Morgan fingerprint density at radius 3 is 2.50 bits per heavy atom. The van der Waals surface area contributed by atoms with Crippen LogP contribution in [-0.2, 0) is 6.42 Å². The molecule has 0 atom stereocenters. The molecule has 0 aliphatic carbocycles. The van der Waals surface area contributed by atoms with Crippen molar-refractivity contribution in [2.24, 2.45) is 0 Å². The number of nitrogens with zero attached hydrogens (tertiary/aromatic N) is 2. The van der Waals surface area contributed by atoms with Crippen LogP contribution in [0.5, 0.6) is 0 Å². The van der Waals surface area contributed by atoms with E-state index >= 15 is 0 Å². The average molecular weight is 283 g/mol. The number of benzene rings is 3. The van der Waals surface area contributed by atoms with Crippen LogP contribution in [0.15, 0.2) is 60.7 Å². The van der Waals surface area contributed by atoms with Crippen molar-refractivity contribution in [3.05, 3.63) is 77.6 Å². The number of para-hydroxylation sites is 2. The first-order valence-corrected chi connectivity index (χ1v) is 7.19. The van der Waals surface area contributed by atoms with Crippen LogP contribution < -0.4 is 0 Å². The molecule has 1 N–H and O–H groups in total. The zero-order valence-corrected chi connectivity index (χ0v) is 11.9.